The fourth-order valence-corrected chi connectivity index (χ4v) is 10.2. The number of thiophene rings is 1. The Morgan fingerprint density at radius 1 is 0.311 bits per heavy atom. The molecule has 12 rings (SSSR count). The van der Waals surface area contributed by atoms with Crippen LogP contribution in [0, 0.1) is 0 Å². The minimum absolute atomic E-state index is 0.883. The Balaban J connectivity index is 0.964. The Hall–Kier alpha value is -7.72. The van der Waals surface area contributed by atoms with Crippen molar-refractivity contribution in [3.05, 3.63) is 224 Å². The SMILES string of the molecule is c1cc(-c2ccc(-c3cccc4ccccc34)cc2)cc(N(c2ccc(-c3ccc4c(c3)sc3ccccc34)cc2)c2ccccc2-c2ccc3c(c2)oc2ccccc23)c1. The standard InChI is InChI=1S/C58H37NOS/c1-2-15-47-40(11-1)12-10-19-48(47)41-25-23-38(24-26-41)42-13-9-14-46(35-42)59(45-31-27-39(28-32-45)43-29-34-53-52-18-5-8-22-57(52)61-58(53)37-43)54-20-6-3-16-49(54)44-30-33-51-50-17-4-7-21-55(50)60-56(51)36-44/h1-37H. The fraction of sp³-hybridized carbons (Fsp3) is 0. The van der Waals surface area contributed by atoms with Crippen molar-refractivity contribution in [2.24, 2.45) is 0 Å². The molecule has 286 valence electrons. The van der Waals surface area contributed by atoms with Crippen molar-refractivity contribution in [3.63, 3.8) is 0 Å². The molecule has 0 amide bonds. The van der Waals surface area contributed by atoms with Gasteiger partial charge >= 0.3 is 0 Å². The molecular formula is C58H37NOS. The van der Waals surface area contributed by atoms with Crippen LogP contribution in [0.2, 0.25) is 0 Å². The van der Waals surface area contributed by atoms with Crippen LogP contribution in [0.3, 0.4) is 0 Å². The van der Waals surface area contributed by atoms with E-state index in [4.69, 9.17) is 4.42 Å². The van der Waals surface area contributed by atoms with Gasteiger partial charge in [0.1, 0.15) is 11.2 Å². The Bertz CT molecular complexity index is 3590. The molecule has 0 atom stereocenters. The summed E-state index contributed by atoms with van der Waals surface area (Å²) in [7, 11) is 0. The van der Waals surface area contributed by atoms with Crippen LogP contribution in [0.25, 0.3) is 97.4 Å². The normalized spacial score (nSPS) is 11.6. The van der Waals surface area contributed by atoms with Crippen molar-refractivity contribution < 1.29 is 4.42 Å². The number of anilines is 3. The lowest BCUT2D eigenvalue weighted by molar-refractivity contribution is 0.669. The molecular weight excluding hydrogens is 759 g/mol. The van der Waals surface area contributed by atoms with Gasteiger partial charge in [-0.05, 0) is 110 Å². The van der Waals surface area contributed by atoms with Crippen molar-refractivity contribution in [1.82, 2.24) is 0 Å². The van der Waals surface area contributed by atoms with Crippen LogP contribution in [0.4, 0.5) is 17.1 Å². The lowest BCUT2D eigenvalue weighted by Gasteiger charge is -2.28. The maximum absolute atomic E-state index is 6.39. The van der Waals surface area contributed by atoms with Crippen LogP contribution < -0.4 is 4.90 Å². The molecule has 0 aliphatic rings. The number of rotatable bonds is 7. The fourth-order valence-electron chi connectivity index (χ4n) is 9.09. The summed E-state index contributed by atoms with van der Waals surface area (Å²) in [5.41, 5.74) is 14.4. The number of benzene rings is 10. The van der Waals surface area contributed by atoms with Crippen molar-refractivity contribution >= 4 is 81.3 Å². The highest BCUT2D eigenvalue weighted by molar-refractivity contribution is 7.25. The van der Waals surface area contributed by atoms with E-state index in [0.717, 1.165) is 55.7 Å². The molecule has 0 unspecified atom stereocenters. The van der Waals surface area contributed by atoms with Crippen LogP contribution >= 0.6 is 11.3 Å². The average Bonchev–Trinajstić information content (AvgIpc) is 3.90. The highest BCUT2D eigenvalue weighted by atomic mass is 32.1. The Morgan fingerprint density at radius 3 is 1.79 bits per heavy atom. The average molecular weight is 796 g/mol. The van der Waals surface area contributed by atoms with Gasteiger partial charge in [0.05, 0.1) is 5.69 Å². The first-order chi connectivity index (χ1) is 30.2. The molecule has 2 aromatic heterocycles. The first-order valence-corrected chi connectivity index (χ1v) is 21.5. The van der Waals surface area contributed by atoms with E-state index in [1.54, 1.807) is 0 Å². The smallest absolute Gasteiger partial charge is 0.136 e. The second kappa shape index (κ2) is 14.5. The number of fused-ring (bicyclic) bond motifs is 7. The second-order valence-corrected chi connectivity index (χ2v) is 16.8. The molecule has 2 nitrogen and oxygen atoms in total. The zero-order chi connectivity index (χ0) is 40.3. The summed E-state index contributed by atoms with van der Waals surface area (Å²) in [6, 6.07) is 81.2. The van der Waals surface area contributed by atoms with E-state index in [1.807, 2.05) is 23.5 Å². The molecule has 2 heterocycles. The Labute approximate surface area is 357 Å². The molecule has 0 aliphatic carbocycles. The van der Waals surface area contributed by atoms with E-state index in [1.165, 1.54) is 58.8 Å². The number of hydrogen-bond donors (Lipinski definition) is 0. The highest BCUT2D eigenvalue weighted by Crippen LogP contribution is 2.44. The van der Waals surface area contributed by atoms with E-state index >= 15 is 0 Å². The lowest BCUT2D eigenvalue weighted by atomic mass is 9.96. The number of nitrogens with zero attached hydrogens (tertiary/aromatic N) is 1. The molecule has 0 saturated carbocycles. The zero-order valence-corrected chi connectivity index (χ0v) is 33.9. The van der Waals surface area contributed by atoms with E-state index in [-0.39, 0.29) is 0 Å². The van der Waals surface area contributed by atoms with Gasteiger partial charge in [0.25, 0.3) is 0 Å². The molecule has 0 N–H and O–H groups in total. The van der Waals surface area contributed by atoms with Gasteiger partial charge in [0.2, 0.25) is 0 Å². The minimum atomic E-state index is 0.883. The van der Waals surface area contributed by atoms with Crippen molar-refractivity contribution in [1.29, 1.82) is 0 Å². The third-order valence-electron chi connectivity index (χ3n) is 12.1. The first-order valence-electron chi connectivity index (χ1n) is 20.7. The maximum Gasteiger partial charge on any atom is 0.136 e. The topological polar surface area (TPSA) is 16.4 Å². The van der Waals surface area contributed by atoms with E-state index in [0.29, 0.717) is 0 Å². The summed E-state index contributed by atoms with van der Waals surface area (Å²) < 4.78 is 9.02. The number of hydrogen-bond acceptors (Lipinski definition) is 3. The second-order valence-electron chi connectivity index (χ2n) is 15.7. The monoisotopic (exact) mass is 795 g/mol. The molecule has 61 heavy (non-hydrogen) atoms. The van der Waals surface area contributed by atoms with E-state index in [9.17, 15) is 0 Å². The van der Waals surface area contributed by atoms with Crippen LogP contribution in [0.1, 0.15) is 0 Å². The van der Waals surface area contributed by atoms with Gasteiger partial charge in [-0.15, -0.1) is 11.3 Å². The lowest BCUT2D eigenvalue weighted by Crippen LogP contribution is -2.11. The summed E-state index contributed by atoms with van der Waals surface area (Å²) in [6.45, 7) is 0. The molecule has 0 bridgehead atoms. The van der Waals surface area contributed by atoms with Gasteiger partial charge in [-0.3, -0.25) is 0 Å². The van der Waals surface area contributed by atoms with Crippen LogP contribution in [0.15, 0.2) is 229 Å². The summed E-state index contributed by atoms with van der Waals surface area (Å²) in [5.74, 6) is 0. The van der Waals surface area contributed by atoms with Crippen molar-refractivity contribution in [2.45, 2.75) is 0 Å². The highest BCUT2D eigenvalue weighted by Gasteiger charge is 2.19. The van der Waals surface area contributed by atoms with Gasteiger partial charge < -0.3 is 9.32 Å². The van der Waals surface area contributed by atoms with Crippen LogP contribution in [0.5, 0.6) is 0 Å². The number of furan rings is 1. The van der Waals surface area contributed by atoms with Gasteiger partial charge in [-0.25, -0.2) is 0 Å². The van der Waals surface area contributed by atoms with Gasteiger partial charge in [0.15, 0.2) is 0 Å². The summed E-state index contributed by atoms with van der Waals surface area (Å²) in [5, 5.41) is 7.40. The van der Waals surface area contributed by atoms with Crippen LogP contribution in [-0.2, 0) is 0 Å². The third kappa shape index (κ3) is 6.18. The van der Waals surface area contributed by atoms with Crippen molar-refractivity contribution in [3.8, 4) is 44.5 Å². The minimum Gasteiger partial charge on any atom is -0.456 e. The van der Waals surface area contributed by atoms with Crippen LogP contribution in [-0.4, -0.2) is 0 Å². The molecule has 3 heteroatoms. The predicted molar refractivity (Wildman–Crippen MR) is 261 cm³/mol. The van der Waals surface area contributed by atoms with Gasteiger partial charge in [-0.2, -0.15) is 0 Å². The zero-order valence-electron chi connectivity index (χ0n) is 33.1. The number of para-hydroxylation sites is 2. The maximum atomic E-state index is 6.39. The molecule has 0 radical (unpaired) electrons. The Kier molecular flexibility index (Phi) is 8.39. The third-order valence-corrected chi connectivity index (χ3v) is 13.2. The van der Waals surface area contributed by atoms with E-state index < -0.39 is 0 Å². The summed E-state index contributed by atoms with van der Waals surface area (Å²) in [4.78, 5) is 2.39. The summed E-state index contributed by atoms with van der Waals surface area (Å²) >= 11 is 1.86. The first kappa shape index (κ1) is 35.2. The largest absolute Gasteiger partial charge is 0.456 e. The molecule has 0 aliphatic heterocycles. The molecule has 10 aromatic carbocycles. The van der Waals surface area contributed by atoms with E-state index in [2.05, 4.69) is 217 Å². The summed E-state index contributed by atoms with van der Waals surface area (Å²) in [6.07, 6.45) is 0. The predicted octanol–water partition coefficient (Wildman–Crippen LogP) is 17.2. The van der Waals surface area contributed by atoms with Crippen molar-refractivity contribution in [2.75, 3.05) is 4.90 Å². The molecule has 0 saturated heterocycles. The van der Waals surface area contributed by atoms with Gasteiger partial charge in [-0.1, -0.05) is 164 Å². The Morgan fingerprint density at radius 2 is 0.902 bits per heavy atom. The molecule has 0 spiro atoms. The molecule has 0 fully saturated rings. The quantitative estimate of drug-likeness (QED) is 0.160. The van der Waals surface area contributed by atoms with Gasteiger partial charge in [0, 0.05) is 47.9 Å². The molecule has 12 aromatic rings.